The summed E-state index contributed by atoms with van der Waals surface area (Å²) in [5.41, 5.74) is 10.4. The van der Waals surface area contributed by atoms with Crippen LogP contribution in [-0.4, -0.2) is 9.97 Å². The van der Waals surface area contributed by atoms with E-state index in [1.165, 1.54) is 5.56 Å². The first-order valence-corrected chi connectivity index (χ1v) is 7.01. The Kier molecular flexibility index (Phi) is 4.73. The molecule has 0 radical (unpaired) electrons. The molecule has 3 rings (SSSR count). The maximum absolute atomic E-state index is 5.86. The molecule has 1 aromatic heterocycles. The van der Waals surface area contributed by atoms with Crippen LogP contribution in [0.1, 0.15) is 30.0 Å². The van der Waals surface area contributed by atoms with Crippen molar-refractivity contribution >= 4 is 29.6 Å². The third-order valence-corrected chi connectivity index (χ3v) is 3.98. The average Bonchev–Trinajstić information content (AvgIpc) is 2.47. The normalized spacial score (nSPS) is 16.9. The van der Waals surface area contributed by atoms with E-state index < -0.39 is 0 Å². The second-order valence-corrected chi connectivity index (χ2v) is 5.43. The molecule has 0 bridgehead atoms. The SMILES string of the molecule is Cl.NC(=S)C1CCCc2ccc(-c3ccccc3)nc21. The van der Waals surface area contributed by atoms with Gasteiger partial charge < -0.3 is 5.73 Å². The topological polar surface area (TPSA) is 38.9 Å². The molecule has 1 aromatic carbocycles. The van der Waals surface area contributed by atoms with E-state index in [0.29, 0.717) is 4.99 Å². The number of aryl methyl sites for hydroxylation is 1. The molecule has 0 fully saturated rings. The lowest BCUT2D eigenvalue weighted by Gasteiger charge is -2.24. The standard InChI is InChI=1S/C16H16N2S.ClH/c17-16(19)13-8-4-7-12-9-10-14(18-15(12)13)11-5-2-1-3-6-11;/h1-3,5-6,9-10,13H,4,7-8H2,(H2,17,19);1H. The number of fused-ring (bicyclic) bond motifs is 1. The van der Waals surface area contributed by atoms with Crippen molar-refractivity contribution in [3.05, 3.63) is 53.7 Å². The van der Waals surface area contributed by atoms with E-state index in [1.54, 1.807) is 0 Å². The number of hydrogen-bond acceptors (Lipinski definition) is 2. The van der Waals surface area contributed by atoms with Crippen molar-refractivity contribution in [1.82, 2.24) is 4.98 Å². The Morgan fingerprint density at radius 1 is 1.15 bits per heavy atom. The first kappa shape index (κ1) is 14.9. The number of benzene rings is 1. The van der Waals surface area contributed by atoms with Gasteiger partial charge in [0, 0.05) is 5.56 Å². The minimum Gasteiger partial charge on any atom is -0.393 e. The number of nitrogens with zero attached hydrogens (tertiary/aromatic N) is 1. The van der Waals surface area contributed by atoms with E-state index in [1.807, 2.05) is 18.2 Å². The summed E-state index contributed by atoms with van der Waals surface area (Å²) < 4.78 is 0. The molecule has 0 saturated heterocycles. The highest BCUT2D eigenvalue weighted by atomic mass is 35.5. The van der Waals surface area contributed by atoms with Crippen LogP contribution in [0.4, 0.5) is 0 Å². The summed E-state index contributed by atoms with van der Waals surface area (Å²) in [5, 5.41) is 0. The number of halogens is 1. The fourth-order valence-corrected chi connectivity index (χ4v) is 2.93. The summed E-state index contributed by atoms with van der Waals surface area (Å²) in [6.45, 7) is 0. The largest absolute Gasteiger partial charge is 0.393 e. The minimum atomic E-state index is 0. The molecule has 4 heteroatoms. The predicted octanol–water partition coefficient (Wildman–Crippen LogP) is 3.88. The van der Waals surface area contributed by atoms with Crippen LogP contribution in [0.15, 0.2) is 42.5 Å². The van der Waals surface area contributed by atoms with E-state index in [9.17, 15) is 0 Å². The Labute approximate surface area is 130 Å². The van der Waals surface area contributed by atoms with Crippen LogP contribution in [0.25, 0.3) is 11.3 Å². The van der Waals surface area contributed by atoms with Crippen molar-refractivity contribution < 1.29 is 0 Å². The highest BCUT2D eigenvalue weighted by Crippen LogP contribution is 2.32. The Morgan fingerprint density at radius 3 is 2.60 bits per heavy atom. The molecule has 20 heavy (non-hydrogen) atoms. The smallest absolute Gasteiger partial charge is 0.0819 e. The molecule has 0 spiro atoms. The van der Waals surface area contributed by atoms with Crippen molar-refractivity contribution in [2.24, 2.45) is 5.73 Å². The zero-order valence-corrected chi connectivity index (χ0v) is 12.7. The maximum atomic E-state index is 5.86. The van der Waals surface area contributed by atoms with Gasteiger partial charge in [-0.05, 0) is 30.9 Å². The molecule has 1 aliphatic carbocycles. The van der Waals surface area contributed by atoms with Gasteiger partial charge in [-0.25, -0.2) is 0 Å². The molecule has 0 amide bonds. The third kappa shape index (κ3) is 2.84. The van der Waals surface area contributed by atoms with E-state index >= 15 is 0 Å². The van der Waals surface area contributed by atoms with Gasteiger partial charge in [-0.15, -0.1) is 12.4 Å². The molecule has 1 aliphatic rings. The third-order valence-electron chi connectivity index (χ3n) is 3.69. The van der Waals surface area contributed by atoms with Crippen LogP contribution in [0.5, 0.6) is 0 Å². The second-order valence-electron chi connectivity index (χ2n) is 4.95. The van der Waals surface area contributed by atoms with Crippen LogP contribution < -0.4 is 5.73 Å². The number of thiocarbonyl (C=S) groups is 1. The molecule has 1 heterocycles. The number of pyridine rings is 1. The van der Waals surface area contributed by atoms with Crippen molar-refractivity contribution in [3.63, 3.8) is 0 Å². The zero-order valence-electron chi connectivity index (χ0n) is 11.1. The lowest BCUT2D eigenvalue weighted by Crippen LogP contribution is -2.24. The van der Waals surface area contributed by atoms with Crippen molar-refractivity contribution in [2.75, 3.05) is 0 Å². The number of hydrogen-bond donors (Lipinski definition) is 1. The fourth-order valence-electron chi connectivity index (χ4n) is 2.70. The van der Waals surface area contributed by atoms with Crippen molar-refractivity contribution in [1.29, 1.82) is 0 Å². The summed E-state index contributed by atoms with van der Waals surface area (Å²) in [6, 6.07) is 14.5. The molecular formula is C16H17ClN2S. The predicted molar refractivity (Wildman–Crippen MR) is 89.4 cm³/mol. The average molecular weight is 305 g/mol. The number of aromatic nitrogens is 1. The van der Waals surface area contributed by atoms with Gasteiger partial charge in [0.05, 0.1) is 22.3 Å². The monoisotopic (exact) mass is 304 g/mol. The van der Waals surface area contributed by atoms with E-state index in [4.69, 9.17) is 22.9 Å². The van der Waals surface area contributed by atoms with E-state index in [0.717, 1.165) is 36.2 Å². The lowest BCUT2D eigenvalue weighted by atomic mass is 9.86. The van der Waals surface area contributed by atoms with Crippen molar-refractivity contribution in [2.45, 2.75) is 25.2 Å². The Balaban J connectivity index is 0.00000147. The van der Waals surface area contributed by atoms with Gasteiger partial charge in [0.2, 0.25) is 0 Å². The quantitative estimate of drug-likeness (QED) is 0.856. The molecule has 1 unspecified atom stereocenters. The van der Waals surface area contributed by atoms with Gasteiger partial charge in [0.1, 0.15) is 0 Å². The van der Waals surface area contributed by atoms with Gasteiger partial charge in [0.15, 0.2) is 0 Å². The molecule has 2 N–H and O–H groups in total. The Hall–Kier alpha value is -1.45. The summed E-state index contributed by atoms with van der Waals surface area (Å²) in [4.78, 5) is 5.39. The molecule has 2 nitrogen and oxygen atoms in total. The molecule has 2 aromatic rings. The van der Waals surface area contributed by atoms with Gasteiger partial charge >= 0.3 is 0 Å². The van der Waals surface area contributed by atoms with Crippen LogP contribution >= 0.6 is 24.6 Å². The van der Waals surface area contributed by atoms with E-state index in [2.05, 4.69) is 24.3 Å². The van der Waals surface area contributed by atoms with Crippen LogP contribution in [0, 0.1) is 0 Å². The van der Waals surface area contributed by atoms with Gasteiger partial charge in [-0.3, -0.25) is 4.98 Å². The van der Waals surface area contributed by atoms with Crippen LogP contribution in [0.3, 0.4) is 0 Å². The summed E-state index contributed by atoms with van der Waals surface area (Å²) in [6.07, 6.45) is 3.24. The zero-order chi connectivity index (χ0) is 13.2. The van der Waals surface area contributed by atoms with Gasteiger partial charge in [-0.1, -0.05) is 48.6 Å². The van der Waals surface area contributed by atoms with Crippen LogP contribution in [0.2, 0.25) is 0 Å². The lowest BCUT2D eigenvalue weighted by molar-refractivity contribution is 0.634. The van der Waals surface area contributed by atoms with Crippen LogP contribution in [-0.2, 0) is 6.42 Å². The Morgan fingerprint density at radius 2 is 1.90 bits per heavy atom. The fraction of sp³-hybridized carbons (Fsp3) is 0.250. The minimum absolute atomic E-state index is 0. The first-order valence-electron chi connectivity index (χ1n) is 6.60. The molecule has 0 saturated carbocycles. The highest BCUT2D eigenvalue weighted by Gasteiger charge is 2.24. The summed E-state index contributed by atoms with van der Waals surface area (Å²) in [5.74, 6) is 0.141. The molecule has 104 valence electrons. The molecule has 0 aliphatic heterocycles. The van der Waals surface area contributed by atoms with E-state index in [-0.39, 0.29) is 18.3 Å². The molecule has 1 atom stereocenters. The second kappa shape index (κ2) is 6.33. The number of nitrogens with two attached hydrogens (primary N) is 1. The molecular weight excluding hydrogens is 288 g/mol. The van der Waals surface area contributed by atoms with Crippen molar-refractivity contribution in [3.8, 4) is 11.3 Å². The maximum Gasteiger partial charge on any atom is 0.0819 e. The van der Waals surface area contributed by atoms with Gasteiger partial charge in [0.25, 0.3) is 0 Å². The first-order chi connectivity index (χ1) is 9.25. The summed E-state index contributed by atoms with van der Waals surface area (Å²) in [7, 11) is 0. The summed E-state index contributed by atoms with van der Waals surface area (Å²) >= 11 is 5.19. The number of rotatable bonds is 2. The van der Waals surface area contributed by atoms with Gasteiger partial charge in [-0.2, -0.15) is 0 Å². The Bertz CT molecular complexity index is 613. The highest BCUT2D eigenvalue weighted by molar-refractivity contribution is 7.80.